The minimum Gasteiger partial charge on any atom is -0.452 e. The van der Waals surface area contributed by atoms with Gasteiger partial charge in [0.05, 0.1) is 11.6 Å². The summed E-state index contributed by atoms with van der Waals surface area (Å²) in [5.41, 5.74) is 4.75. The summed E-state index contributed by atoms with van der Waals surface area (Å²) in [4.78, 5) is 34.6. The highest BCUT2D eigenvalue weighted by molar-refractivity contribution is 5.95. The number of benzene rings is 1. The van der Waals surface area contributed by atoms with E-state index in [1.165, 1.54) is 24.3 Å². The number of hydrogen-bond donors (Lipinski definition) is 2. The molecular formula is C16H17N3O4. The molecule has 0 aromatic heterocycles. The van der Waals surface area contributed by atoms with Crippen LogP contribution in [-0.4, -0.2) is 29.9 Å². The van der Waals surface area contributed by atoms with Crippen LogP contribution in [0.25, 0.3) is 0 Å². The first-order chi connectivity index (χ1) is 11.0. The Morgan fingerprint density at radius 3 is 2.26 bits per heavy atom. The summed E-state index contributed by atoms with van der Waals surface area (Å²) in [6.07, 6.45) is 3.00. The van der Waals surface area contributed by atoms with E-state index in [1.807, 2.05) is 0 Å². The van der Waals surface area contributed by atoms with E-state index in [0.29, 0.717) is 12.8 Å². The van der Waals surface area contributed by atoms with Crippen LogP contribution in [0.1, 0.15) is 46.4 Å². The molecule has 3 N–H and O–H groups in total. The molecule has 2 amide bonds. The zero-order valence-electron chi connectivity index (χ0n) is 12.5. The van der Waals surface area contributed by atoms with Crippen LogP contribution in [0.4, 0.5) is 0 Å². The minimum absolute atomic E-state index is 0.207. The van der Waals surface area contributed by atoms with Crippen molar-refractivity contribution in [1.29, 1.82) is 5.26 Å². The smallest absolute Gasteiger partial charge is 0.338 e. The first-order valence-electron chi connectivity index (χ1n) is 7.25. The van der Waals surface area contributed by atoms with Gasteiger partial charge in [-0.05, 0) is 49.9 Å². The summed E-state index contributed by atoms with van der Waals surface area (Å²) in [6.45, 7) is -0.458. The molecule has 0 atom stereocenters. The maximum atomic E-state index is 11.8. The Labute approximate surface area is 133 Å². The van der Waals surface area contributed by atoms with Crippen LogP contribution in [0.5, 0.6) is 0 Å². The molecule has 0 unspecified atom stereocenters. The van der Waals surface area contributed by atoms with Gasteiger partial charge in [-0.1, -0.05) is 0 Å². The Bertz CT molecular complexity index is 655. The Morgan fingerprint density at radius 2 is 1.74 bits per heavy atom. The van der Waals surface area contributed by atoms with E-state index in [0.717, 1.165) is 12.8 Å². The highest BCUT2D eigenvalue weighted by atomic mass is 16.5. The summed E-state index contributed by atoms with van der Waals surface area (Å²) in [7, 11) is 0. The number of hydrogen-bond acceptors (Lipinski definition) is 5. The summed E-state index contributed by atoms with van der Waals surface area (Å²) in [5, 5.41) is 11.8. The molecule has 120 valence electrons. The Kier molecular flexibility index (Phi) is 4.96. The number of esters is 1. The number of amides is 2. The van der Waals surface area contributed by atoms with E-state index in [2.05, 4.69) is 11.4 Å². The van der Waals surface area contributed by atoms with Gasteiger partial charge in [-0.25, -0.2) is 4.79 Å². The SMILES string of the molecule is N#CC1(NC(=O)COC(=O)c2ccc(C(N)=O)cc2)CCCC1. The van der Waals surface area contributed by atoms with Crippen molar-refractivity contribution in [2.24, 2.45) is 5.73 Å². The second-order valence-electron chi connectivity index (χ2n) is 5.47. The van der Waals surface area contributed by atoms with Crippen LogP contribution in [-0.2, 0) is 9.53 Å². The van der Waals surface area contributed by atoms with Crippen molar-refractivity contribution in [3.63, 3.8) is 0 Å². The Morgan fingerprint density at radius 1 is 1.17 bits per heavy atom. The zero-order chi connectivity index (χ0) is 16.9. The van der Waals surface area contributed by atoms with Crippen molar-refractivity contribution in [3.05, 3.63) is 35.4 Å². The Balaban J connectivity index is 1.87. The van der Waals surface area contributed by atoms with Crippen molar-refractivity contribution in [3.8, 4) is 6.07 Å². The molecule has 1 saturated carbocycles. The van der Waals surface area contributed by atoms with E-state index >= 15 is 0 Å². The van der Waals surface area contributed by atoms with Gasteiger partial charge in [0.25, 0.3) is 5.91 Å². The standard InChI is InChI=1S/C16H17N3O4/c17-10-16(7-1-2-8-16)19-13(20)9-23-15(22)12-5-3-11(4-6-12)14(18)21/h3-6H,1-2,7-9H2,(H2,18,21)(H,19,20). The van der Waals surface area contributed by atoms with Gasteiger partial charge in [0.2, 0.25) is 5.91 Å². The largest absolute Gasteiger partial charge is 0.452 e. The topological polar surface area (TPSA) is 122 Å². The van der Waals surface area contributed by atoms with E-state index in [1.54, 1.807) is 0 Å². The molecule has 7 nitrogen and oxygen atoms in total. The van der Waals surface area contributed by atoms with Gasteiger partial charge in [-0.2, -0.15) is 5.26 Å². The molecule has 1 aliphatic rings. The molecule has 0 spiro atoms. The number of carbonyl (C=O) groups excluding carboxylic acids is 3. The monoisotopic (exact) mass is 315 g/mol. The first kappa shape index (κ1) is 16.5. The molecular weight excluding hydrogens is 298 g/mol. The van der Waals surface area contributed by atoms with E-state index in [4.69, 9.17) is 10.5 Å². The molecule has 1 fully saturated rings. The van der Waals surface area contributed by atoms with Crippen LogP contribution < -0.4 is 11.1 Å². The minimum atomic E-state index is -0.841. The number of ether oxygens (including phenoxy) is 1. The number of carbonyl (C=O) groups is 3. The number of nitrogens with two attached hydrogens (primary N) is 1. The summed E-state index contributed by atoms with van der Waals surface area (Å²) in [6, 6.07) is 7.73. The van der Waals surface area contributed by atoms with Crippen LogP contribution >= 0.6 is 0 Å². The lowest BCUT2D eigenvalue weighted by Gasteiger charge is -2.21. The number of nitrogens with zero attached hydrogens (tertiary/aromatic N) is 1. The molecule has 1 aliphatic carbocycles. The molecule has 0 radical (unpaired) electrons. The van der Waals surface area contributed by atoms with E-state index in [-0.39, 0.29) is 11.1 Å². The second kappa shape index (κ2) is 6.92. The summed E-state index contributed by atoms with van der Waals surface area (Å²) < 4.78 is 4.91. The van der Waals surface area contributed by atoms with Gasteiger partial charge in [0.1, 0.15) is 5.54 Å². The van der Waals surface area contributed by atoms with Crippen molar-refractivity contribution < 1.29 is 19.1 Å². The van der Waals surface area contributed by atoms with Gasteiger partial charge >= 0.3 is 5.97 Å². The van der Waals surface area contributed by atoms with Gasteiger partial charge < -0.3 is 15.8 Å². The fourth-order valence-corrected chi connectivity index (χ4v) is 2.53. The number of primary amides is 1. The fourth-order valence-electron chi connectivity index (χ4n) is 2.53. The van der Waals surface area contributed by atoms with Gasteiger partial charge in [0.15, 0.2) is 6.61 Å². The molecule has 23 heavy (non-hydrogen) atoms. The summed E-state index contributed by atoms with van der Waals surface area (Å²) >= 11 is 0. The lowest BCUT2D eigenvalue weighted by atomic mass is 10.00. The summed E-state index contributed by atoms with van der Waals surface area (Å²) in [5.74, 6) is -1.79. The van der Waals surface area contributed by atoms with Crippen molar-refractivity contribution in [1.82, 2.24) is 5.32 Å². The van der Waals surface area contributed by atoms with Crippen molar-refractivity contribution in [2.45, 2.75) is 31.2 Å². The maximum Gasteiger partial charge on any atom is 0.338 e. The lowest BCUT2D eigenvalue weighted by molar-refractivity contribution is -0.125. The van der Waals surface area contributed by atoms with Crippen LogP contribution in [0.2, 0.25) is 0 Å². The number of nitriles is 1. The van der Waals surface area contributed by atoms with Gasteiger partial charge in [-0.15, -0.1) is 0 Å². The average Bonchev–Trinajstić information content (AvgIpc) is 3.01. The number of rotatable bonds is 5. The van der Waals surface area contributed by atoms with Gasteiger partial charge in [0, 0.05) is 5.56 Å². The molecule has 2 rings (SSSR count). The molecule has 1 aromatic carbocycles. The highest BCUT2D eigenvalue weighted by Gasteiger charge is 2.35. The lowest BCUT2D eigenvalue weighted by Crippen LogP contribution is -2.46. The third-order valence-corrected chi connectivity index (χ3v) is 3.79. The number of nitrogens with one attached hydrogen (secondary N) is 1. The molecule has 0 saturated heterocycles. The zero-order valence-corrected chi connectivity index (χ0v) is 12.5. The average molecular weight is 315 g/mol. The Hall–Kier alpha value is -2.88. The van der Waals surface area contributed by atoms with Crippen LogP contribution in [0, 0.1) is 11.3 Å². The maximum absolute atomic E-state index is 11.8. The third kappa shape index (κ3) is 4.07. The van der Waals surface area contributed by atoms with E-state index in [9.17, 15) is 19.6 Å². The molecule has 0 heterocycles. The normalized spacial score (nSPS) is 15.4. The highest BCUT2D eigenvalue weighted by Crippen LogP contribution is 2.28. The predicted octanol–water partition coefficient (Wildman–Crippen LogP) is 0.895. The van der Waals surface area contributed by atoms with Crippen LogP contribution in [0.3, 0.4) is 0 Å². The quantitative estimate of drug-likeness (QED) is 0.781. The molecule has 0 bridgehead atoms. The fraction of sp³-hybridized carbons (Fsp3) is 0.375. The molecule has 0 aliphatic heterocycles. The second-order valence-corrected chi connectivity index (χ2v) is 5.47. The predicted molar refractivity (Wildman–Crippen MR) is 80.2 cm³/mol. The third-order valence-electron chi connectivity index (χ3n) is 3.79. The van der Waals surface area contributed by atoms with Crippen molar-refractivity contribution in [2.75, 3.05) is 6.61 Å². The van der Waals surface area contributed by atoms with Crippen LogP contribution in [0.15, 0.2) is 24.3 Å². The molecule has 7 heteroatoms. The van der Waals surface area contributed by atoms with E-state index < -0.39 is 29.9 Å². The first-order valence-corrected chi connectivity index (χ1v) is 7.25. The van der Waals surface area contributed by atoms with Crippen molar-refractivity contribution >= 4 is 17.8 Å². The van der Waals surface area contributed by atoms with Gasteiger partial charge in [-0.3, -0.25) is 9.59 Å². The molecule has 1 aromatic rings.